The van der Waals surface area contributed by atoms with Crippen molar-refractivity contribution in [2.24, 2.45) is 5.92 Å². The normalized spacial score (nSPS) is 11.2. The summed E-state index contributed by atoms with van der Waals surface area (Å²) < 4.78 is 15.0. The van der Waals surface area contributed by atoms with E-state index in [1.165, 1.54) is 12.1 Å². The van der Waals surface area contributed by atoms with Crippen LogP contribution in [0, 0.1) is 18.7 Å². The summed E-state index contributed by atoms with van der Waals surface area (Å²) in [4.78, 5) is 4.35. The molecule has 96 valence electrons. The number of anilines is 1. The van der Waals surface area contributed by atoms with Crippen LogP contribution in [-0.4, -0.2) is 9.55 Å². The zero-order valence-electron chi connectivity index (χ0n) is 10.9. The van der Waals surface area contributed by atoms with Crippen molar-refractivity contribution in [1.29, 1.82) is 0 Å². The molecule has 0 saturated heterocycles. The van der Waals surface area contributed by atoms with Gasteiger partial charge in [0.05, 0.1) is 6.33 Å². The lowest BCUT2D eigenvalue weighted by Crippen LogP contribution is -2.07. The molecule has 2 aromatic rings. The summed E-state index contributed by atoms with van der Waals surface area (Å²) in [5, 5.41) is 0. The maximum Gasteiger partial charge on any atom is 0.131 e. The van der Waals surface area contributed by atoms with Gasteiger partial charge in [-0.05, 0) is 36.6 Å². The average Bonchev–Trinajstić information content (AvgIpc) is 2.60. The maximum absolute atomic E-state index is 13.1. The molecule has 0 atom stereocenters. The zero-order chi connectivity index (χ0) is 13.3. The van der Waals surface area contributed by atoms with Gasteiger partial charge in [0.15, 0.2) is 0 Å². The molecule has 0 aliphatic rings. The minimum Gasteiger partial charge on any atom is -0.383 e. The van der Waals surface area contributed by atoms with Gasteiger partial charge in [0, 0.05) is 12.1 Å². The second kappa shape index (κ2) is 4.80. The van der Waals surface area contributed by atoms with Crippen molar-refractivity contribution in [1.82, 2.24) is 9.55 Å². The standard InChI is InChI=1S/C14H18FN3/c1-9(2)7-18-8-17-13(14(18)16)12-5-4-11(15)6-10(12)3/h4-6,8-9H,7,16H2,1-3H3. The fourth-order valence-electron chi connectivity index (χ4n) is 2.03. The monoisotopic (exact) mass is 247 g/mol. The van der Waals surface area contributed by atoms with Crippen LogP contribution in [0.5, 0.6) is 0 Å². The molecule has 0 amide bonds. The molecule has 18 heavy (non-hydrogen) atoms. The lowest BCUT2D eigenvalue weighted by molar-refractivity contribution is 0.527. The number of hydrogen-bond acceptors (Lipinski definition) is 2. The average molecular weight is 247 g/mol. The number of imidazole rings is 1. The van der Waals surface area contributed by atoms with Crippen LogP contribution < -0.4 is 5.73 Å². The Kier molecular flexibility index (Phi) is 3.36. The van der Waals surface area contributed by atoms with Gasteiger partial charge in [0.1, 0.15) is 17.3 Å². The number of rotatable bonds is 3. The minimum atomic E-state index is -0.239. The highest BCUT2D eigenvalue weighted by atomic mass is 19.1. The van der Waals surface area contributed by atoms with Crippen LogP contribution in [0.2, 0.25) is 0 Å². The quantitative estimate of drug-likeness (QED) is 0.904. The lowest BCUT2D eigenvalue weighted by Gasteiger charge is -2.09. The summed E-state index contributed by atoms with van der Waals surface area (Å²) in [6.07, 6.45) is 1.74. The van der Waals surface area contributed by atoms with E-state index in [-0.39, 0.29) is 5.82 Å². The number of benzene rings is 1. The Morgan fingerprint density at radius 2 is 2.11 bits per heavy atom. The molecule has 4 heteroatoms. The van der Waals surface area contributed by atoms with Crippen LogP contribution in [0.15, 0.2) is 24.5 Å². The molecule has 0 spiro atoms. The first-order valence-electron chi connectivity index (χ1n) is 6.06. The van der Waals surface area contributed by atoms with Gasteiger partial charge < -0.3 is 10.3 Å². The smallest absolute Gasteiger partial charge is 0.131 e. The van der Waals surface area contributed by atoms with Gasteiger partial charge in [-0.2, -0.15) is 0 Å². The summed E-state index contributed by atoms with van der Waals surface area (Å²) >= 11 is 0. The number of aryl methyl sites for hydroxylation is 1. The number of hydrogen-bond donors (Lipinski definition) is 1. The summed E-state index contributed by atoms with van der Waals surface area (Å²) in [6, 6.07) is 4.66. The van der Waals surface area contributed by atoms with Crippen LogP contribution in [0.3, 0.4) is 0 Å². The molecule has 0 aliphatic carbocycles. The number of nitrogens with zero attached hydrogens (tertiary/aromatic N) is 2. The highest BCUT2D eigenvalue weighted by Gasteiger charge is 2.12. The summed E-state index contributed by atoms with van der Waals surface area (Å²) in [5.74, 6) is 0.901. The summed E-state index contributed by atoms with van der Waals surface area (Å²) in [6.45, 7) is 6.95. The fourth-order valence-corrected chi connectivity index (χ4v) is 2.03. The third-order valence-electron chi connectivity index (χ3n) is 2.88. The van der Waals surface area contributed by atoms with Gasteiger partial charge in [-0.15, -0.1) is 0 Å². The van der Waals surface area contributed by atoms with Crippen molar-refractivity contribution in [3.63, 3.8) is 0 Å². The Morgan fingerprint density at radius 3 is 2.72 bits per heavy atom. The van der Waals surface area contributed by atoms with E-state index in [1.54, 1.807) is 12.4 Å². The molecule has 1 aromatic heterocycles. The summed E-state index contributed by atoms with van der Waals surface area (Å²) in [7, 11) is 0. The molecule has 0 aliphatic heterocycles. The molecule has 0 unspecified atom stereocenters. The largest absolute Gasteiger partial charge is 0.383 e. The van der Waals surface area contributed by atoms with Crippen molar-refractivity contribution in [2.45, 2.75) is 27.3 Å². The Morgan fingerprint density at radius 1 is 1.39 bits per heavy atom. The van der Waals surface area contributed by atoms with E-state index >= 15 is 0 Å². The fraction of sp³-hybridized carbons (Fsp3) is 0.357. The highest BCUT2D eigenvalue weighted by Crippen LogP contribution is 2.28. The molecule has 1 heterocycles. The third-order valence-corrected chi connectivity index (χ3v) is 2.88. The highest BCUT2D eigenvalue weighted by molar-refractivity contribution is 5.73. The van der Waals surface area contributed by atoms with Crippen molar-refractivity contribution in [3.8, 4) is 11.3 Å². The second-order valence-corrected chi connectivity index (χ2v) is 4.98. The predicted octanol–water partition coefficient (Wildman–Crippen LogP) is 3.24. The molecule has 2 rings (SSSR count). The number of halogens is 1. The van der Waals surface area contributed by atoms with Gasteiger partial charge in [-0.1, -0.05) is 13.8 Å². The van der Waals surface area contributed by atoms with Crippen LogP contribution >= 0.6 is 0 Å². The SMILES string of the molecule is Cc1cc(F)ccc1-c1ncn(CC(C)C)c1N. The molecular formula is C14H18FN3. The van der Waals surface area contributed by atoms with Gasteiger partial charge >= 0.3 is 0 Å². The van der Waals surface area contributed by atoms with Crippen molar-refractivity contribution >= 4 is 5.82 Å². The molecule has 0 bridgehead atoms. The zero-order valence-corrected chi connectivity index (χ0v) is 10.9. The molecular weight excluding hydrogens is 229 g/mol. The number of nitrogen functional groups attached to an aromatic ring is 1. The van der Waals surface area contributed by atoms with Crippen molar-refractivity contribution < 1.29 is 4.39 Å². The van der Waals surface area contributed by atoms with Crippen molar-refractivity contribution in [3.05, 3.63) is 35.9 Å². The Balaban J connectivity index is 2.42. The first kappa shape index (κ1) is 12.6. The van der Waals surface area contributed by atoms with E-state index in [9.17, 15) is 4.39 Å². The van der Waals surface area contributed by atoms with Gasteiger partial charge in [-0.3, -0.25) is 0 Å². The van der Waals surface area contributed by atoms with Crippen LogP contribution in [0.25, 0.3) is 11.3 Å². The van der Waals surface area contributed by atoms with Crippen LogP contribution in [0.1, 0.15) is 19.4 Å². The molecule has 0 fully saturated rings. The van der Waals surface area contributed by atoms with E-state index in [1.807, 2.05) is 11.5 Å². The van der Waals surface area contributed by atoms with E-state index in [4.69, 9.17) is 5.73 Å². The number of aromatic nitrogens is 2. The van der Waals surface area contributed by atoms with Gasteiger partial charge in [-0.25, -0.2) is 9.37 Å². The maximum atomic E-state index is 13.1. The Hall–Kier alpha value is -1.84. The second-order valence-electron chi connectivity index (χ2n) is 4.98. The predicted molar refractivity (Wildman–Crippen MR) is 71.6 cm³/mol. The topological polar surface area (TPSA) is 43.8 Å². The molecule has 2 N–H and O–H groups in total. The molecule has 1 aromatic carbocycles. The van der Waals surface area contributed by atoms with E-state index in [0.717, 1.165) is 23.4 Å². The van der Waals surface area contributed by atoms with Gasteiger partial charge in [0.2, 0.25) is 0 Å². The first-order chi connectivity index (χ1) is 8.49. The minimum absolute atomic E-state index is 0.239. The van der Waals surface area contributed by atoms with E-state index in [2.05, 4.69) is 18.8 Å². The van der Waals surface area contributed by atoms with Crippen LogP contribution in [0.4, 0.5) is 10.2 Å². The summed E-state index contributed by atoms with van der Waals surface area (Å²) in [5.41, 5.74) is 8.56. The molecule has 0 radical (unpaired) electrons. The first-order valence-corrected chi connectivity index (χ1v) is 6.06. The third kappa shape index (κ3) is 2.37. The van der Waals surface area contributed by atoms with E-state index < -0.39 is 0 Å². The van der Waals surface area contributed by atoms with Gasteiger partial charge in [0.25, 0.3) is 0 Å². The van der Waals surface area contributed by atoms with Crippen molar-refractivity contribution in [2.75, 3.05) is 5.73 Å². The Labute approximate surface area is 106 Å². The molecule has 0 saturated carbocycles. The van der Waals surface area contributed by atoms with Crippen LogP contribution in [-0.2, 0) is 6.54 Å². The van der Waals surface area contributed by atoms with E-state index in [0.29, 0.717) is 11.7 Å². The molecule has 3 nitrogen and oxygen atoms in total. The lowest BCUT2D eigenvalue weighted by atomic mass is 10.1. The Bertz CT molecular complexity index is 558. The number of nitrogens with two attached hydrogens (primary N) is 1.